The Balaban J connectivity index is 2.19. The van der Waals surface area contributed by atoms with Crippen molar-refractivity contribution in [2.45, 2.75) is 25.6 Å². The Labute approximate surface area is 112 Å². The number of pyridine rings is 1. The molecule has 0 saturated heterocycles. The van der Waals surface area contributed by atoms with Crippen molar-refractivity contribution in [1.82, 2.24) is 4.98 Å². The molecule has 1 aromatic heterocycles. The van der Waals surface area contributed by atoms with Gasteiger partial charge in [-0.15, -0.1) is 11.6 Å². The van der Waals surface area contributed by atoms with E-state index in [0.717, 1.165) is 11.3 Å². The van der Waals surface area contributed by atoms with Crippen LogP contribution in [0.15, 0.2) is 36.5 Å². The summed E-state index contributed by atoms with van der Waals surface area (Å²) in [6, 6.07) is 9.21. The van der Waals surface area contributed by atoms with Gasteiger partial charge in [0.05, 0.1) is 5.38 Å². The molecule has 1 unspecified atom stereocenters. The van der Waals surface area contributed by atoms with E-state index in [4.69, 9.17) is 11.6 Å². The van der Waals surface area contributed by atoms with E-state index in [2.05, 4.69) is 4.98 Å². The molecule has 18 heavy (non-hydrogen) atoms. The Bertz CT molecular complexity index is 537. The maximum absolute atomic E-state index is 13.9. The molecule has 0 aliphatic carbocycles. The van der Waals surface area contributed by atoms with Crippen molar-refractivity contribution in [3.63, 3.8) is 0 Å². The van der Waals surface area contributed by atoms with Gasteiger partial charge in [-0.1, -0.05) is 24.3 Å². The fraction of sp³-hybridized carbons (Fsp3) is 0.267. The summed E-state index contributed by atoms with van der Waals surface area (Å²) in [7, 11) is 0. The molecule has 0 radical (unpaired) electrons. The first-order chi connectivity index (χ1) is 8.58. The molecule has 1 atom stereocenters. The van der Waals surface area contributed by atoms with Crippen LogP contribution in [0.1, 0.15) is 27.8 Å². The van der Waals surface area contributed by atoms with Crippen molar-refractivity contribution in [3.8, 4) is 0 Å². The molecule has 1 nitrogen and oxygen atoms in total. The van der Waals surface area contributed by atoms with Crippen molar-refractivity contribution < 1.29 is 4.39 Å². The number of alkyl halides is 1. The largest absolute Gasteiger partial charge is 0.261 e. The highest BCUT2D eigenvalue weighted by molar-refractivity contribution is 6.20. The van der Waals surface area contributed by atoms with Gasteiger partial charge in [0.15, 0.2) is 0 Å². The lowest BCUT2D eigenvalue weighted by molar-refractivity contribution is 0.596. The minimum atomic E-state index is -0.389. The number of benzene rings is 1. The van der Waals surface area contributed by atoms with E-state index in [1.807, 2.05) is 25.1 Å². The molecule has 0 amide bonds. The third kappa shape index (κ3) is 2.88. The topological polar surface area (TPSA) is 12.9 Å². The normalized spacial score (nSPS) is 12.4. The Morgan fingerprint density at radius 1 is 1.22 bits per heavy atom. The van der Waals surface area contributed by atoms with E-state index >= 15 is 0 Å². The molecule has 1 aromatic carbocycles. The van der Waals surface area contributed by atoms with Gasteiger partial charge in [0, 0.05) is 23.9 Å². The van der Waals surface area contributed by atoms with E-state index in [-0.39, 0.29) is 11.2 Å². The Hall–Kier alpha value is -1.41. The van der Waals surface area contributed by atoms with Crippen LogP contribution >= 0.6 is 11.6 Å². The zero-order valence-corrected chi connectivity index (χ0v) is 11.2. The van der Waals surface area contributed by atoms with E-state index < -0.39 is 0 Å². The summed E-state index contributed by atoms with van der Waals surface area (Å²) in [5.74, 6) is -0.218. The SMILES string of the molecule is Cc1ccc(CC(Cl)c2cccc(C)c2F)nc1. The third-order valence-corrected chi connectivity index (χ3v) is 3.31. The molecular formula is C15H15ClFN. The second-order valence-electron chi connectivity index (χ2n) is 4.48. The summed E-state index contributed by atoms with van der Waals surface area (Å²) in [5.41, 5.74) is 3.14. The number of rotatable bonds is 3. The number of aromatic nitrogens is 1. The van der Waals surface area contributed by atoms with Crippen LogP contribution in [0.3, 0.4) is 0 Å². The fourth-order valence-corrected chi connectivity index (χ4v) is 2.15. The number of hydrogen-bond acceptors (Lipinski definition) is 1. The van der Waals surface area contributed by atoms with Gasteiger partial charge in [0.2, 0.25) is 0 Å². The minimum absolute atomic E-state index is 0.218. The molecular weight excluding hydrogens is 249 g/mol. The molecule has 3 heteroatoms. The highest BCUT2D eigenvalue weighted by Crippen LogP contribution is 2.27. The number of hydrogen-bond donors (Lipinski definition) is 0. The summed E-state index contributed by atoms with van der Waals surface area (Å²) in [6.07, 6.45) is 2.33. The van der Waals surface area contributed by atoms with Gasteiger partial charge in [-0.05, 0) is 31.0 Å². The summed E-state index contributed by atoms with van der Waals surface area (Å²) >= 11 is 6.28. The molecule has 0 bridgehead atoms. The second kappa shape index (κ2) is 5.49. The summed E-state index contributed by atoms with van der Waals surface area (Å²) in [5, 5.41) is -0.389. The van der Waals surface area contributed by atoms with Gasteiger partial charge < -0.3 is 0 Å². The van der Waals surface area contributed by atoms with Crippen molar-refractivity contribution >= 4 is 11.6 Å². The molecule has 0 fully saturated rings. The maximum Gasteiger partial charge on any atom is 0.130 e. The lowest BCUT2D eigenvalue weighted by Gasteiger charge is -2.12. The van der Waals surface area contributed by atoms with E-state index in [1.165, 1.54) is 0 Å². The molecule has 2 rings (SSSR count). The van der Waals surface area contributed by atoms with E-state index in [1.54, 1.807) is 25.3 Å². The van der Waals surface area contributed by atoms with Crippen molar-refractivity contribution in [2.24, 2.45) is 0 Å². The van der Waals surface area contributed by atoms with Crippen LogP contribution in [-0.4, -0.2) is 4.98 Å². The standard InChI is InChI=1S/C15H15ClFN/c1-10-6-7-12(18-9-10)8-14(16)13-5-3-4-11(2)15(13)17/h3-7,9,14H,8H2,1-2H3. The molecule has 0 saturated carbocycles. The van der Waals surface area contributed by atoms with Crippen LogP contribution < -0.4 is 0 Å². The van der Waals surface area contributed by atoms with E-state index in [9.17, 15) is 4.39 Å². The molecule has 0 spiro atoms. The molecule has 94 valence electrons. The van der Waals surface area contributed by atoms with Gasteiger partial charge in [0.1, 0.15) is 5.82 Å². The zero-order chi connectivity index (χ0) is 13.1. The predicted octanol–water partition coefficient (Wildman–Crippen LogP) is 4.36. The molecule has 1 heterocycles. The average Bonchev–Trinajstić information content (AvgIpc) is 2.35. The lowest BCUT2D eigenvalue weighted by atomic mass is 10.0. The first kappa shape index (κ1) is 13.0. The van der Waals surface area contributed by atoms with Crippen LogP contribution in [0.2, 0.25) is 0 Å². The number of aryl methyl sites for hydroxylation is 2. The highest BCUT2D eigenvalue weighted by Gasteiger charge is 2.15. The molecule has 0 aliphatic heterocycles. The van der Waals surface area contributed by atoms with Crippen molar-refractivity contribution in [2.75, 3.05) is 0 Å². The van der Waals surface area contributed by atoms with Gasteiger partial charge in [-0.3, -0.25) is 4.98 Å². The Morgan fingerprint density at radius 2 is 2.00 bits per heavy atom. The Morgan fingerprint density at radius 3 is 2.67 bits per heavy atom. The second-order valence-corrected chi connectivity index (χ2v) is 5.00. The average molecular weight is 264 g/mol. The van der Waals surface area contributed by atoms with Crippen molar-refractivity contribution in [3.05, 3.63) is 64.7 Å². The zero-order valence-electron chi connectivity index (χ0n) is 10.5. The number of nitrogens with zero attached hydrogens (tertiary/aromatic N) is 1. The summed E-state index contributed by atoms with van der Waals surface area (Å²) in [4.78, 5) is 4.29. The molecule has 0 N–H and O–H groups in total. The minimum Gasteiger partial charge on any atom is -0.261 e. The van der Waals surface area contributed by atoms with E-state index in [0.29, 0.717) is 17.5 Å². The molecule has 0 aliphatic rings. The summed E-state index contributed by atoms with van der Waals surface area (Å²) in [6.45, 7) is 3.72. The lowest BCUT2D eigenvalue weighted by Crippen LogP contribution is -2.02. The predicted molar refractivity (Wildman–Crippen MR) is 72.4 cm³/mol. The van der Waals surface area contributed by atoms with Crippen LogP contribution in [0.25, 0.3) is 0 Å². The van der Waals surface area contributed by atoms with Crippen LogP contribution in [0, 0.1) is 19.7 Å². The van der Waals surface area contributed by atoms with Crippen LogP contribution in [0.5, 0.6) is 0 Å². The highest BCUT2D eigenvalue weighted by atomic mass is 35.5. The van der Waals surface area contributed by atoms with Crippen LogP contribution in [0.4, 0.5) is 4.39 Å². The first-order valence-corrected chi connectivity index (χ1v) is 6.32. The van der Waals surface area contributed by atoms with Gasteiger partial charge in [-0.25, -0.2) is 4.39 Å². The van der Waals surface area contributed by atoms with Crippen LogP contribution in [-0.2, 0) is 6.42 Å². The van der Waals surface area contributed by atoms with Crippen molar-refractivity contribution in [1.29, 1.82) is 0 Å². The van der Waals surface area contributed by atoms with Gasteiger partial charge >= 0.3 is 0 Å². The monoisotopic (exact) mass is 263 g/mol. The van der Waals surface area contributed by atoms with Gasteiger partial charge in [-0.2, -0.15) is 0 Å². The van der Waals surface area contributed by atoms with Gasteiger partial charge in [0.25, 0.3) is 0 Å². The summed E-state index contributed by atoms with van der Waals surface area (Å²) < 4.78 is 13.9. The molecule has 2 aromatic rings. The first-order valence-electron chi connectivity index (χ1n) is 5.88. The smallest absolute Gasteiger partial charge is 0.130 e. The Kier molecular flexibility index (Phi) is 3.97. The maximum atomic E-state index is 13.9. The quantitative estimate of drug-likeness (QED) is 0.750. The number of halogens is 2. The third-order valence-electron chi connectivity index (χ3n) is 2.92. The fourth-order valence-electron chi connectivity index (χ4n) is 1.82.